The molecule has 2 unspecified atom stereocenters. The zero-order valence-electron chi connectivity index (χ0n) is 12.3. The molecule has 0 aromatic rings. The van der Waals surface area contributed by atoms with Crippen LogP contribution >= 0.6 is 12.6 Å². The van der Waals surface area contributed by atoms with E-state index in [1.54, 1.807) is 0 Å². The van der Waals surface area contributed by atoms with Gasteiger partial charge in [0.05, 0.1) is 6.61 Å². The molecule has 0 amide bonds. The van der Waals surface area contributed by atoms with Gasteiger partial charge in [0.15, 0.2) is 0 Å². The summed E-state index contributed by atoms with van der Waals surface area (Å²) in [5.41, 5.74) is 5.41. The molecule has 1 fully saturated rings. The predicted octanol–water partition coefficient (Wildman–Crippen LogP) is 2.86. The van der Waals surface area contributed by atoms with Crippen molar-refractivity contribution in [1.29, 1.82) is 0 Å². The van der Waals surface area contributed by atoms with Gasteiger partial charge in [-0.2, -0.15) is 12.6 Å². The highest BCUT2D eigenvalue weighted by Gasteiger charge is 2.08. The van der Waals surface area contributed by atoms with Crippen molar-refractivity contribution < 1.29 is 9.84 Å². The summed E-state index contributed by atoms with van der Waals surface area (Å²) >= 11 is 4.15. The van der Waals surface area contributed by atoms with Crippen molar-refractivity contribution in [1.82, 2.24) is 0 Å². The van der Waals surface area contributed by atoms with E-state index in [4.69, 9.17) is 15.6 Å². The summed E-state index contributed by atoms with van der Waals surface area (Å²) in [5.74, 6) is 0. The normalized spacial score (nSPS) is 18.7. The molecule has 0 aliphatic carbocycles. The van der Waals surface area contributed by atoms with E-state index >= 15 is 0 Å². The maximum atomic E-state index is 8.32. The van der Waals surface area contributed by atoms with Crippen LogP contribution in [0.25, 0.3) is 0 Å². The second-order valence-electron chi connectivity index (χ2n) is 3.20. The average Bonchev–Trinajstić information content (AvgIpc) is 2.86. The quantitative estimate of drug-likeness (QED) is 0.689. The first-order valence-electron chi connectivity index (χ1n) is 6.83. The molecule has 0 saturated carbocycles. The van der Waals surface area contributed by atoms with Crippen molar-refractivity contribution in [2.24, 2.45) is 5.73 Å². The van der Waals surface area contributed by atoms with Gasteiger partial charge in [0.2, 0.25) is 0 Å². The number of hydrogen-bond donors (Lipinski definition) is 3. The van der Waals surface area contributed by atoms with Crippen LogP contribution in [0, 0.1) is 0 Å². The molecule has 17 heavy (non-hydrogen) atoms. The van der Waals surface area contributed by atoms with E-state index < -0.39 is 0 Å². The molecule has 0 spiro atoms. The molecule has 3 nitrogen and oxygen atoms in total. The monoisotopic (exact) mass is 267 g/mol. The van der Waals surface area contributed by atoms with Gasteiger partial charge in [0, 0.05) is 24.5 Å². The van der Waals surface area contributed by atoms with E-state index in [2.05, 4.69) is 19.6 Å². The number of ether oxygens (including phenoxy) is 1. The largest absolute Gasteiger partial charge is 0.396 e. The van der Waals surface area contributed by atoms with Gasteiger partial charge in [-0.15, -0.1) is 0 Å². The van der Waals surface area contributed by atoms with Gasteiger partial charge in [-0.25, -0.2) is 0 Å². The molecule has 2 atom stereocenters. The van der Waals surface area contributed by atoms with Crippen LogP contribution in [-0.2, 0) is 4.74 Å². The minimum atomic E-state index is 0.266. The van der Waals surface area contributed by atoms with E-state index in [1.165, 1.54) is 0 Å². The van der Waals surface area contributed by atoms with Crippen LogP contribution in [0.4, 0.5) is 0 Å². The SMILES string of the molecule is CC.CC.CCC(S)CCO.NC1CCOC1. The average molecular weight is 267 g/mol. The number of aliphatic hydroxyl groups is 1. The first-order chi connectivity index (χ1) is 8.20. The number of hydrogen-bond acceptors (Lipinski definition) is 4. The molecule has 0 aromatic heterocycles. The third-order valence-corrected chi connectivity index (χ3v) is 2.52. The van der Waals surface area contributed by atoms with Gasteiger partial charge in [0.1, 0.15) is 0 Å². The zero-order valence-corrected chi connectivity index (χ0v) is 13.2. The number of thiol groups is 1. The molecule has 0 radical (unpaired) electrons. The molecule has 108 valence electrons. The van der Waals surface area contributed by atoms with Crippen molar-refractivity contribution in [2.75, 3.05) is 19.8 Å². The summed E-state index contributed by atoms with van der Waals surface area (Å²) < 4.78 is 4.93. The van der Waals surface area contributed by atoms with E-state index in [-0.39, 0.29) is 6.61 Å². The maximum absolute atomic E-state index is 8.32. The predicted molar refractivity (Wildman–Crippen MR) is 80.9 cm³/mol. The zero-order chi connectivity index (χ0) is 14.1. The lowest BCUT2D eigenvalue weighted by Gasteiger charge is -2.01. The summed E-state index contributed by atoms with van der Waals surface area (Å²) in [6.45, 7) is 12.0. The first-order valence-corrected chi connectivity index (χ1v) is 7.34. The molecule has 3 N–H and O–H groups in total. The highest BCUT2D eigenvalue weighted by molar-refractivity contribution is 7.80. The van der Waals surface area contributed by atoms with Crippen LogP contribution in [-0.4, -0.2) is 36.2 Å². The molecule has 1 aliphatic heterocycles. The number of nitrogens with two attached hydrogens (primary N) is 1. The summed E-state index contributed by atoms with van der Waals surface area (Å²) in [6.07, 6.45) is 2.91. The fraction of sp³-hybridized carbons (Fsp3) is 1.00. The molecule has 1 heterocycles. The standard InChI is InChI=1S/C5H12OS.C4H9NO.2C2H6/c1-2-5(7)3-4-6;5-4-1-2-6-3-4;2*1-2/h5-7H,2-4H2,1H3;4H,1-3,5H2;2*1-2H3. The third-order valence-electron chi connectivity index (χ3n) is 1.90. The highest BCUT2D eigenvalue weighted by Crippen LogP contribution is 2.03. The van der Waals surface area contributed by atoms with Crippen LogP contribution in [0.15, 0.2) is 0 Å². The van der Waals surface area contributed by atoms with Gasteiger partial charge >= 0.3 is 0 Å². The Hall–Kier alpha value is 0.230. The Morgan fingerprint density at radius 1 is 1.35 bits per heavy atom. The Labute approximate surface area is 114 Å². The van der Waals surface area contributed by atoms with E-state index in [0.29, 0.717) is 11.3 Å². The molecule has 0 aromatic carbocycles. The van der Waals surface area contributed by atoms with Crippen molar-refractivity contribution in [2.45, 2.75) is 65.2 Å². The van der Waals surface area contributed by atoms with Gasteiger partial charge in [-0.3, -0.25) is 0 Å². The summed E-state index contributed by atoms with van der Waals surface area (Å²) in [6, 6.07) is 0.324. The van der Waals surface area contributed by atoms with Crippen LogP contribution in [0.3, 0.4) is 0 Å². The maximum Gasteiger partial charge on any atom is 0.0618 e. The minimum absolute atomic E-state index is 0.266. The van der Waals surface area contributed by atoms with Gasteiger partial charge in [-0.1, -0.05) is 34.6 Å². The lowest BCUT2D eigenvalue weighted by molar-refractivity contribution is 0.194. The Morgan fingerprint density at radius 2 is 1.88 bits per heavy atom. The molecule has 0 bridgehead atoms. The topological polar surface area (TPSA) is 55.5 Å². The summed E-state index contributed by atoms with van der Waals surface area (Å²) in [5, 5.41) is 8.71. The molecular formula is C13H33NO2S. The summed E-state index contributed by atoms with van der Waals surface area (Å²) in [4.78, 5) is 0. The molecular weight excluding hydrogens is 234 g/mol. The fourth-order valence-corrected chi connectivity index (χ4v) is 1.02. The summed E-state index contributed by atoms with van der Waals surface area (Å²) in [7, 11) is 0. The van der Waals surface area contributed by atoms with E-state index in [9.17, 15) is 0 Å². The Balaban J connectivity index is -0.000000179. The van der Waals surface area contributed by atoms with Crippen molar-refractivity contribution in [3.8, 4) is 0 Å². The van der Waals surface area contributed by atoms with Crippen molar-refractivity contribution in [3.05, 3.63) is 0 Å². The van der Waals surface area contributed by atoms with Crippen LogP contribution in [0.5, 0.6) is 0 Å². The van der Waals surface area contributed by atoms with Crippen LogP contribution < -0.4 is 5.73 Å². The lowest BCUT2D eigenvalue weighted by atomic mass is 10.2. The minimum Gasteiger partial charge on any atom is -0.396 e. The Morgan fingerprint density at radius 3 is 2.00 bits per heavy atom. The smallest absolute Gasteiger partial charge is 0.0618 e. The fourth-order valence-electron chi connectivity index (χ4n) is 0.906. The van der Waals surface area contributed by atoms with Crippen molar-refractivity contribution >= 4 is 12.6 Å². The Kier molecular flexibility index (Phi) is 28.4. The van der Waals surface area contributed by atoms with E-state index in [1.807, 2.05) is 27.7 Å². The lowest BCUT2D eigenvalue weighted by Crippen LogP contribution is -2.18. The molecule has 1 saturated heterocycles. The van der Waals surface area contributed by atoms with Gasteiger partial charge < -0.3 is 15.6 Å². The van der Waals surface area contributed by atoms with Crippen LogP contribution in [0.2, 0.25) is 0 Å². The highest BCUT2D eigenvalue weighted by atomic mass is 32.1. The first kappa shape index (κ1) is 22.4. The second-order valence-corrected chi connectivity index (χ2v) is 3.93. The third kappa shape index (κ3) is 22.0. The van der Waals surface area contributed by atoms with Crippen molar-refractivity contribution in [3.63, 3.8) is 0 Å². The molecule has 1 aliphatic rings. The number of aliphatic hydroxyl groups excluding tert-OH is 1. The van der Waals surface area contributed by atoms with Gasteiger partial charge in [0.25, 0.3) is 0 Å². The number of rotatable bonds is 3. The van der Waals surface area contributed by atoms with Crippen LogP contribution in [0.1, 0.15) is 53.9 Å². The molecule has 1 rings (SSSR count). The van der Waals surface area contributed by atoms with E-state index in [0.717, 1.165) is 32.5 Å². The second kappa shape index (κ2) is 21.5. The van der Waals surface area contributed by atoms with Gasteiger partial charge in [-0.05, 0) is 19.3 Å². The molecule has 4 heteroatoms. The Bertz CT molecular complexity index is 110.